The van der Waals surface area contributed by atoms with E-state index >= 15 is 0 Å². The van der Waals surface area contributed by atoms with Crippen molar-refractivity contribution < 1.29 is 14.0 Å². The maximum absolute atomic E-state index is 13.3. The third-order valence-corrected chi connectivity index (χ3v) is 6.23. The molecule has 2 aliphatic rings. The number of aryl methyl sites for hydroxylation is 1. The first-order chi connectivity index (χ1) is 14.4. The molecule has 2 amide bonds. The Kier molecular flexibility index (Phi) is 5.56. The fourth-order valence-electron chi connectivity index (χ4n) is 4.42. The van der Waals surface area contributed by atoms with Gasteiger partial charge in [0.1, 0.15) is 11.4 Å². The Labute approximate surface area is 180 Å². The number of amides is 2. The van der Waals surface area contributed by atoms with Crippen molar-refractivity contribution in [3.05, 3.63) is 58.7 Å². The normalized spacial score (nSPS) is 19.5. The second kappa shape index (κ2) is 8.14. The van der Waals surface area contributed by atoms with Gasteiger partial charge in [0, 0.05) is 23.1 Å². The van der Waals surface area contributed by atoms with Crippen LogP contribution < -0.4 is 5.32 Å². The highest BCUT2D eigenvalue weighted by Gasteiger charge is 2.38. The van der Waals surface area contributed by atoms with Gasteiger partial charge in [-0.25, -0.2) is 4.39 Å². The van der Waals surface area contributed by atoms with Gasteiger partial charge in [0.15, 0.2) is 5.11 Å². The lowest BCUT2D eigenvalue weighted by molar-refractivity contribution is -0.130. The van der Waals surface area contributed by atoms with Crippen LogP contribution in [-0.4, -0.2) is 32.4 Å². The predicted octanol–water partition coefficient (Wildman–Crippen LogP) is 4.19. The van der Waals surface area contributed by atoms with E-state index in [4.69, 9.17) is 12.2 Å². The first-order valence-electron chi connectivity index (χ1n) is 10.2. The third kappa shape index (κ3) is 3.69. The van der Waals surface area contributed by atoms with Gasteiger partial charge in [-0.3, -0.25) is 19.8 Å². The van der Waals surface area contributed by atoms with E-state index in [2.05, 4.69) is 5.32 Å². The summed E-state index contributed by atoms with van der Waals surface area (Å²) in [5.74, 6) is -1.10. The predicted molar refractivity (Wildman–Crippen MR) is 118 cm³/mol. The number of carbonyl (C=O) groups excluding carboxylic acids is 2. The lowest BCUT2D eigenvalue weighted by Crippen LogP contribution is -2.57. The van der Waals surface area contributed by atoms with Gasteiger partial charge < -0.3 is 4.57 Å². The van der Waals surface area contributed by atoms with Gasteiger partial charge in [-0.15, -0.1) is 0 Å². The van der Waals surface area contributed by atoms with E-state index in [0.29, 0.717) is 0 Å². The van der Waals surface area contributed by atoms with Crippen LogP contribution in [0.2, 0.25) is 0 Å². The summed E-state index contributed by atoms with van der Waals surface area (Å²) in [5, 5.41) is 2.89. The van der Waals surface area contributed by atoms with E-state index < -0.39 is 5.91 Å². The van der Waals surface area contributed by atoms with Gasteiger partial charge in [-0.1, -0.05) is 19.3 Å². The van der Waals surface area contributed by atoms with Gasteiger partial charge in [-0.2, -0.15) is 0 Å². The summed E-state index contributed by atoms with van der Waals surface area (Å²) in [6.45, 7) is 3.85. The fraction of sp³-hybridized carbons (Fsp3) is 0.348. The van der Waals surface area contributed by atoms with Crippen molar-refractivity contribution in [3.63, 3.8) is 0 Å². The summed E-state index contributed by atoms with van der Waals surface area (Å²) in [7, 11) is 0. The Hall–Kier alpha value is -2.80. The van der Waals surface area contributed by atoms with E-state index in [9.17, 15) is 14.0 Å². The molecule has 1 aliphatic heterocycles. The van der Waals surface area contributed by atoms with Crippen molar-refractivity contribution in [3.8, 4) is 5.69 Å². The van der Waals surface area contributed by atoms with Crippen molar-refractivity contribution in [1.82, 2.24) is 14.8 Å². The highest BCUT2D eigenvalue weighted by molar-refractivity contribution is 7.80. The van der Waals surface area contributed by atoms with E-state index in [-0.39, 0.29) is 28.5 Å². The van der Waals surface area contributed by atoms with Gasteiger partial charge in [-0.05, 0) is 80.9 Å². The van der Waals surface area contributed by atoms with Crippen LogP contribution in [0.25, 0.3) is 11.8 Å². The summed E-state index contributed by atoms with van der Waals surface area (Å²) in [6.07, 6.45) is 6.71. The number of halogens is 1. The van der Waals surface area contributed by atoms with E-state index in [1.165, 1.54) is 12.1 Å². The van der Waals surface area contributed by atoms with Gasteiger partial charge >= 0.3 is 0 Å². The molecular formula is C23H24FN3O2S. The number of hydrogen-bond donors (Lipinski definition) is 1. The summed E-state index contributed by atoms with van der Waals surface area (Å²) < 4.78 is 15.3. The largest absolute Gasteiger partial charge is 0.318 e. The zero-order valence-corrected chi connectivity index (χ0v) is 17.9. The molecule has 0 bridgehead atoms. The highest BCUT2D eigenvalue weighted by Crippen LogP contribution is 2.28. The number of rotatable bonds is 3. The molecular weight excluding hydrogens is 401 g/mol. The average molecular weight is 426 g/mol. The molecule has 1 saturated carbocycles. The molecule has 0 unspecified atom stereocenters. The zero-order valence-electron chi connectivity index (χ0n) is 17.1. The molecule has 2 fully saturated rings. The van der Waals surface area contributed by atoms with E-state index in [1.807, 2.05) is 24.5 Å². The quantitative estimate of drug-likeness (QED) is 0.456. The van der Waals surface area contributed by atoms with Crippen LogP contribution in [0.15, 0.2) is 35.9 Å². The molecule has 7 heteroatoms. The minimum Gasteiger partial charge on any atom is -0.318 e. The van der Waals surface area contributed by atoms with Crippen molar-refractivity contribution in [2.75, 3.05) is 0 Å². The van der Waals surface area contributed by atoms with Gasteiger partial charge in [0.05, 0.1) is 0 Å². The minimum absolute atomic E-state index is 0.0365. The molecule has 2 heterocycles. The standard InChI is InChI=1S/C23H24FN3O2S/c1-14-12-16(15(2)26(14)19-10-8-17(24)9-11-19)13-20-21(28)25-23(30)27(22(20)29)18-6-4-3-5-7-18/h8-13,18H,3-7H2,1-2H3,(H,25,28,30)/b20-13-. The summed E-state index contributed by atoms with van der Waals surface area (Å²) in [4.78, 5) is 27.4. The first-order valence-corrected chi connectivity index (χ1v) is 10.6. The molecule has 30 heavy (non-hydrogen) atoms. The van der Waals surface area contributed by atoms with E-state index in [1.54, 1.807) is 23.1 Å². The second-order valence-electron chi connectivity index (χ2n) is 7.92. The van der Waals surface area contributed by atoms with Crippen molar-refractivity contribution in [1.29, 1.82) is 0 Å². The topological polar surface area (TPSA) is 54.3 Å². The summed E-state index contributed by atoms with van der Waals surface area (Å²) >= 11 is 5.32. The Morgan fingerprint density at radius 2 is 1.77 bits per heavy atom. The molecule has 4 rings (SSSR count). The molecule has 0 atom stereocenters. The van der Waals surface area contributed by atoms with Gasteiger partial charge in [0.2, 0.25) is 0 Å². The number of nitrogens with one attached hydrogen (secondary N) is 1. The maximum Gasteiger partial charge on any atom is 0.265 e. The monoisotopic (exact) mass is 425 g/mol. The lowest BCUT2D eigenvalue weighted by atomic mass is 9.93. The number of nitrogens with zero attached hydrogens (tertiary/aromatic N) is 2. The highest BCUT2D eigenvalue weighted by atomic mass is 32.1. The Morgan fingerprint density at radius 3 is 2.43 bits per heavy atom. The Balaban J connectivity index is 1.70. The Morgan fingerprint density at radius 1 is 1.10 bits per heavy atom. The number of benzene rings is 1. The molecule has 1 aromatic heterocycles. The second-order valence-corrected chi connectivity index (χ2v) is 8.31. The van der Waals surface area contributed by atoms with Crippen molar-refractivity contribution in [2.45, 2.75) is 52.0 Å². The summed E-state index contributed by atoms with van der Waals surface area (Å²) in [5.41, 5.74) is 3.47. The van der Waals surface area contributed by atoms with Gasteiger partial charge in [0.25, 0.3) is 11.8 Å². The van der Waals surface area contributed by atoms with Crippen molar-refractivity contribution in [2.24, 2.45) is 0 Å². The van der Waals surface area contributed by atoms with E-state index in [0.717, 1.165) is 54.7 Å². The van der Waals surface area contributed by atoms with Crippen molar-refractivity contribution >= 4 is 35.2 Å². The number of thiocarbonyl (C=S) groups is 1. The van der Waals surface area contributed by atoms with Crippen LogP contribution in [0.5, 0.6) is 0 Å². The lowest BCUT2D eigenvalue weighted by Gasteiger charge is -2.37. The molecule has 156 valence electrons. The van der Waals surface area contributed by atoms with Crippen LogP contribution in [0.4, 0.5) is 4.39 Å². The molecule has 2 aromatic rings. The van der Waals surface area contributed by atoms with Crippen LogP contribution in [0, 0.1) is 19.7 Å². The number of hydrogen-bond acceptors (Lipinski definition) is 3. The molecule has 0 spiro atoms. The third-order valence-electron chi connectivity index (χ3n) is 5.93. The van der Waals surface area contributed by atoms with Crippen LogP contribution in [-0.2, 0) is 9.59 Å². The summed E-state index contributed by atoms with van der Waals surface area (Å²) in [6, 6.07) is 8.18. The molecule has 1 aromatic carbocycles. The first kappa shape index (κ1) is 20.5. The van der Waals surface area contributed by atoms with Crippen LogP contribution in [0.3, 0.4) is 0 Å². The molecule has 5 nitrogen and oxygen atoms in total. The number of carbonyl (C=O) groups is 2. The maximum atomic E-state index is 13.3. The average Bonchev–Trinajstić information content (AvgIpc) is 3.00. The number of aromatic nitrogens is 1. The molecule has 0 radical (unpaired) electrons. The molecule has 1 saturated heterocycles. The fourth-order valence-corrected chi connectivity index (χ4v) is 4.74. The molecule has 1 aliphatic carbocycles. The minimum atomic E-state index is -0.469. The Bertz CT molecular complexity index is 1050. The SMILES string of the molecule is Cc1cc(/C=C2/C(=O)NC(=S)N(C3CCCCC3)C2=O)c(C)n1-c1ccc(F)cc1. The smallest absolute Gasteiger partial charge is 0.265 e. The zero-order chi connectivity index (χ0) is 21.4. The van der Waals surface area contributed by atoms with Crippen LogP contribution >= 0.6 is 12.2 Å². The molecule has 1 N–H and O–H groups in total. The van der Waals surface area contributed by atoms with Crippen LogP contribution in [0.1, 0.15) is 49.1 Å².